The van der Waals surface area contributed by atoms with E-state index in [-0.39, 0.29) is 11.4 Å². The number of ether oxygens (including phenoxy) is 1. The molecule has 0 radical (unpaired) electrons. The highest BCUT2D eigenvalue weighted by atomic mass is 35.5. The van der Waals surface area contributed by atoms with E-state index in [1.165, 1.54) is 12.3 Å². The van der Waals surface area contributed by atoms with Gasteiger partial charge >= 0.3 is 0 Å². The summed E-state index contributed by atoms with van der Waals surface area (Å²) in [7, 11) is 0. The van der Waals surface area contributed by atoms with E-state index >= 15 is 0 Å². The van der Waals surface area contributed by atoms with Crippen LogP contribution >= 0.6 is 11.6 Å². The van der Waals surface area contributed by atoms with Gasteiger partial charge in [-0.2, -0.15) is 0 Å². The third-order valence-electron chi connectivity index (χ3n) is 3.49. The van der Waals surface area contributed by atoms with Crippen LogP contribution in [0, 0.1) is 0 Å². The van der Waals surface area contributed by atoms with Gasteiger partial charge in [0, 0.05) is 22.5 Å². The number of benzene rings is 2. The lowest BCUT2D eigenvalue weighted by atomic mass is 10.2. The molecule has 2 amide bonds. The molecule has 7 nitrogen and oxygen atoms in total. The summed E-state index contributed by atoms with van der Waals surface area (Å²) in [6.45, 7) is 0. The van der Waals surface area contributed by atoms with Gasteiger partial charge in [0.2, 0.25) is 5.88 Å². The summed E-state index contributed by atoms with van der Waals surface area (Å²) in [4.78, 5) is 28.6. The molecular formula is C19H15ClN4O3. The van der Waals surface area contributed by atoms with Crippen molar-refractivity contribution in [2.24, 2.45) is 0 Å². The molecule has 0 bridgehead atoms. The zero-order chi connectivity index (χ0) is 19.2. The topological polar surface area (TPSA) is 106 Å². The van der Waals surface area contributed by atoms with Crippen LogP contribution < -0.4 is 21.3 Å². The fraction of sp³-hybridized carbons (Fsp3) is 0. The zero-order valence-electron chi connectivity index (χ0n) is 14.0. The molecule has 0 spiro atoms. The number of nitrogens with zero attached hydrogens (tertiary/aromatic N) is 1. The van der Waals surface area contributed by atoms with Crippen LogP contribution in [0.2, 0.25) is 5.02 Å². The second-order valence-corrected chi connectivity index (χ2v) is 5.88. The number of rotatable bonds is 4. The summed E-state index contributed by atoms with van der Waals surface area (Å²) in [6, 6.07) is 16.1. The van der Waals surface area contributed by atoms with E-state index in [1.54, 1.807) is 54.6 Å². The molecule has 136 valence electrons. The molecule has 1 aromatic heterocycles. The van der Waals surface area contributed by atoms with Crippen molar-refractivity contribution >= 4 is 29.1 Å². The van der Waals surface area contributed by atoms with Crippen LogP contribution in [0.5, 0.6) is 11.6 Å². The van der Waals surface area contributed by atoms with Gasteiger partial charge in [0.25, 0.3) is 11.8 Å². The molecule has 4 N–H and O–H groups in total. The summed E-state index contributed by atoms with van der Waals surface area (Å²) >= 11 is 5.93. The summed E-state index contributed by atoms with van der Waals surface area (Å²) in [5.74, 6) is -0.548. The minimum atomic E-state index is -0.580. The Morgan fingerprint density at radius 1 is 0.963 bits per heavy atom. The molecule has 0 saturated heterocycles. The van der Waals surface area contributed by atoms with E-state index in [4.69, 9.17) is 22.1 Å². The smallest absolute Gasteiger partial charge is 0.275 e. The Morgan fingerprint density at radius 2 is 1.70 bits per heavy atom. The first kappa shape index (κ1) is 18.2. The van der Waals surface area contributed by atoms with E-state index in [1.807, 2.05) is 0 Å². The number of nitrogens with two attached hydrogens (primary N) is 1. The molecule has 2 aromatic carbocycles. The summed E-state index contributed by atoms with van der Waals surface area (Å²) in [5, 5.41) is 0.491. The SMILES string of the molecule is Nc1ccc(C(=O)NNC(=O)c2cccnc2Oc2cccc(Cl)c2)cc1. The summed E-state index contributed by atoms with van der Waals surface area (Å²) in [5.41, 5.74) is 11.3. The van der Waals surface area contributed by atoms with Gasteiger partial charge < -0.3 is 10.5 Å². The van der Waals surface area contributed by atoms with Crippen molar-refractivity contribution in [3.8, 4) is 11.6 Å². The third-order valence-corrected chi connectivity index (χ3v) is 3.72. The summed E-state index contributed by atoms with van der Waals surface area (Å²) < 4.78 is 5.63. The van der Waals surface area contributed by atoms with Crippen LogP contribution in [-0.4, -0.2) is 16.8 Å². The second-order valence-electron chi connectivity index (χ2n) is 5.45. The van der Waals surface area contributed by atoms with Crippen molar-refractivity contribution in [2.45, 2.75) is 0 Å². The number of carbonyl (C=O) groups excluding carboxylic acids is 2. The van der Waals surface area contributed by atoms with Gasteiger partial charge in [-0.1, -0.05) is 17.7 Å². The number of anilines is 1. The van der Waals surface area contributed by atoms with Crippen LogP contribution in [0.15, 0.2) is 66.9 Å². The van der Waals surface area contributed by atoms with Gasteiger partial charge in [0.1, 0.15) is 11.3 Å². The van der Waals surface area contributed by atoms with Gasteiger partial charge in [-0.3, -0.25) is 20.4 Å². The highest BCUT2D eigenvalue weighted by Crippen LogP contribution is 2.25. The molecule has 0 atom stereocenters. The fourth-order valence-electron chi connectivity index (χ4n) is 2.17. The van der Waals surface area contributed by atoms with Crippen molar-refractivity contribution in [1.29, 1.82) is 0 Å². The lowest BCUT2D eigenvalue weighted by molar-refractivity contribution is 0.0845. The van der Waals surface area contributed by atoms with Crippen LogP contribution in [0.1, 0.15) is 20.7 Å². The lowest BCUT2D eigenvalue weighted by Gasteiger charge is -2.11. The maximum Gasteiger partial charge on any atom is 0.275 e. The quantitative estimate of drug-likeness (QED) is 0.474. The Hall–Kier alpha value is -3.58. The number of carbonyl (C=O) groups is 2. The number of nitrogen functional groups attached to an aromatic ring is 1. The van der Waals surface area contributed by atoms with Crippen molar-refractivity contribution in [2.75, 3.05) is 5.73 Å². The summed E-state index contributed by atoms with van der Waals surface area (Å²) in [6.07, 6.45) is 1.49. The number of hydrogen-bond donors (Lipinski definition) is 3. The molecule has 0 aliphatic rings. The minimum Gasteiger partial charge on any atom is -0.438 e. The van der Waals surface area contributed by atoms with Crippen LogP contribution in [0.3, 0.4) is 0 Å². The highest BCUT2D eigenvalue weighted by molar-refractivity contribution is 6.30. The Bertz CT molecular complexity index is 977. The van der Waals surface area contributed by atoms with E-state index in [9.17, 15) is 9.59 Å². The normalized spacial score (nSPS) is 10.1. The first-order valence-corrected chi connectivity index (χ1v) is 8.25. The van der Waals surface area contributed by atoms with Crippen molar-refractivity contribution < 1.29 is 14.3 Å². The van der Waals surface area contributed by atoms with Gasteiger partial charge in [0.05, 0.1) is 0 Å². The fourth-order valence-corrected chi connectivity index (χ4v) is 2.35. The number of pyridine rings is 1. The largest absolute Gasteiger partial charge is 0.438 e. The van der Waals surface area contributed by atoms with E-state index < -0.39 is 11.8 Å². The Labute approximate surface area is 160 Å². The molecule has 27 heavy (non-hydrogen) atoms. The van der Waals surface area contributed by atoms with E-state index in [2.05, 4.69) is 15.8 Å². The van der Waals surface area contributed by atoms with Gasteiger partial charge in [-0.15, -0.1) is 0 Å². The highest BCUT2D eigenvalue weighted by Gasteiger charge is 2.15. The molecule has 0 fully saturated rings. The molecule has 8 heteroatoms. The predicted octanol–water partition coefficient (Wildman–Crippen LogP) is 3.18. The molecule has 0 unspecified atom stereocenters. The minimum absolute atomic E-state index is 0.0824. The van der Waals surface area contributed by atoms with Gasteiger partial charge in [0.15, 0.2) is 0 Å². The molecule has 1 heterocycles. The number of halogens is 1. The molecule has 3 aromatic rings. The number of hydrazine groups is 1. The number of nitrogens with one attached hydrogen (secondary N) is 2. The first-order valence-electron chi connectivity index (χ1n) is 7.87. The van der Waals surface area contributed by atoms with Crippen LogP contribution in [0.4, 0.5) is 5.69 Å². The second kappa shape index (κ2) is 8.20. The van der Waals surface area contributed by atoms with Gasteiger partial charge in [-0.25, -0.2) is 4.98 Å². The Morgan fingerprint density at radius 3 is 2.44 bits per heavy atom. The lowest BCUT2D eigenvalue weighted by Crippen LogP contribution is -2.41. The maximum atomic E-state index is 12.4. The van der Waals surface area contributed by atoms with Crippen LogP contribution in [-0.2, 0) is 0 Å². The number of hydrogen-bond acceptors (Lipinski definition) is 5. The average Bonchev–Trinajstić information content (AvgIpc) is 2.67. The Kier molecular flexibility index (Phi) is 5.53. The van der Waals surface area contributed by atoms with E-state index in [0.29, 0.717) is 22.0 Å². The van der Waals surface area contributed by atoms with Gasteiger partial charge in [-0.05, 0) is 54.6 Å². The standard InChI is InChI=1S/C19H15ClN4O3/c20-13-3-1-4-15(11-13)27-19-16(5-2-10-22-19)18(26)24-23-17(25)12-6-8-14(21)9-7-12/h1-11H,21H2,(H,23,25)(H,24,26). The van der Waals surface area contributed by atoms with Crippen molar-refractivity contribution in [1.82, 2.24) is 15.8 Å². The van der Waals surface area contributed by atoms with Crippen molar-refractivity contribution in [3.05, 3.63) is 83.0 Å². The van der Waals surface area contributed by atoms with Crippen LogP contribution in [0.25, 0.3) is 0 Å². The molecule has 0 saturated carbocycles. The maximum absolute atomic E-state index is 12.4. The number of aromatic nitrogens is 1. The average molecular weight is 383 g/mol. The van der Waals surface area contributed by atoms with E-state index in [0.717, 1.165) is 0 Å². The molecule has 0 aliphatic heterocycles. The molecule has 0 aliphatic carbocycles. The first-order chi connectivity index (χ1) is 13.0. The number of amides is 2. The Balaban J connectivity index is 1.69. The monoisotopic (exact) mass is 382 g/mol. The molecule has 3 rings (SSSR count). The third kappa shape index (κ3) is 4.74. The van der Waals surface area contributed by atoms with Crippen molar-refractivity contribution in [3.63, 3.8) is 0 Å². The molecular weight excluding hydrogens is 368 g/mol. The zero-order valence-corrected chi connectivity index (χ0v) is 14.7. The predicted molar refractivity (Wildman–Crippen MR) is 102 cm³/mol.